The van der Waals surface area contributed by atoms with E-state index in [1.165, 1.54) is 18.4 Å². The minimum absolute atomic E-state index is 0.270. The summed E-state index contributed by atoms with van der Waals surface area (Å²) in [5.41, 5.74) is 3.40. The third-order valence-electron chi connectivity index (χ3n) is 6.20. The Labute approximate surface area is 167 Å². The molecule has 1 atom stereocenters. The SMILES string of the molecule is COc1cccc(Cc2cccc(C3CCCN(C(=O)C4CCCC4)C3)n2)c1. The van der Waals surface area contributed by atoms with Gasteiger partial charge in [-0.3, -0.25) is 9.78 Å². The van der Waals surface area contributed by atoms with Gasteiger partial charge in [-0.05, 0) is 55.5 Å². The number of amides is 1. The third kappa shape index (κ3) is 4.37. The molecular weight excluding hydrogens is 348 g/mol. The summed E-state index contributed by atoms with van der Waals surface area (Å²) in [7, 11) is 1.69. The Hall–Kier alpha value is -2.36. The number of likely N-dealkylation sites (tertiary alicyclic amines) is 1. The highest BCUT2D eigenvalue weighted by molar-refractivity contribution is 5.79. The summed E-state index contributed by atoms with van der Waals surface area (Å²) in [5.74, 6) is 1.88. The van der Waals surface area contributed by atoms with E-state index in [9.17, 15) is 4.79 Å². The van der Waals surface area contributed by atoms with Crippen LogP contribution in [0.2, 0.25) is 0 Å². The first-order valence-electron chi connectivity index (χ1n) is 10.6. The summed E-state index contributed by atoms with van der Waals surface area (Å²) in [6.07, 6.45) is 7.56. The van der Waals surface area contributed by atoms with E-state index < -0.39 is 0 Å². The average molecular weight is 379 g/mol. The molecule has 0 spiro atoms. The van der Waals surface area contributed by atoms with Crippen LogP contribution in [-0.4, -0.2) is 36.0 Å². The van der Waals surface area contributed by atoms with Crippen molar-refractivity contribution >= 4 is 5.91 Å². The first kappa shape index (κ1) is 19.0. The van der Waals surface area contributed by atoms with E-state index in [1.807, 2.05) is 12.1 Å². The molecule has 28 heavy (non-hydrogen) atoms. The lowest BCUT2D eigenvalue weighted by Crippen LogP contribution is -2.42. The van der Waals surface area contributed by atoms with Crippen LogP contribution in [0.25, 0.3) is 0 Å². The van der Waals surface area contributed by atoms with Gasteiger partial charge in [0.05, 0.1) is 7.11 Å². The number of hydrogen-bond acceptors (Lipinski definition) is 3. The number of benzene rings is 1. The van der Waals surface area contributed by atoms with Crippen LogP contribution < -0.4 is 4.74 Å². The molecule has 4 heteroatoms. The summed E-state index contributed by atoms with van der Waals surface area (Å²) in [4.78, 5) is 19.9. The molecule has 0 radical (unpaired) electrons. The van der Waals surface area contributed by atoms with Crippen molar-refractivity contribution in [2.75, 3.05) is 20.2 Å². The highest BCUT2D eigenvalue weighted by Crippen LogP contribution is 2.31. The molecule has 1 aliphatic heterocycles. The molecule has 1 unspecified atom stereocenters. The number of piperidine rings is 1. The Bertz CT molecular complexity index is 814. The standard InChI is InChI=1S/C24H30N2O2/c1-28-22-12-4-7-18(16-22)15-21-11-5-13-23(25-21)20-10-6-14-26(17-20)24(27)19-8-2-3-9-19/h4-5,7,11-13,16,19-20H,2-3,6,8-10,14-15,17H2,1H3. The minimum Gasteiger partial charge on any atom is -0.497 e. The van der Waals surface area contributed by atoms with Crippen LogP contribution >= 0.6 is 0 Å². The van der Waals surface area contributed by atoms with Gasteiger partial charge in [-0.1, -0.05) is 31.0 Å². The van der Waals surface area contributed by atoms with Gasteiger partial charge in [-0.2, -0.15) is 0 Å². The second-order valence-corrected chi connectivity index (χ2v) is 8.19. The number of pyridine rings is 1. The van der Waals surface area contributed by atoms with Crippen LogP contribution in [0, 0.1) is 5.92 Å². The molecule has 1 aromatic heterocycles. The van der Waals surface area contributed by atoms with Crippen molar-refractivity contribution in [2.45, 2.75) is 50.9 Å². The second kappa shape index (κ2) is 8.76. The number of aromatic nitrogens is 1. The summed E-state index contributed by atoms with van der Waals surface area (Å²) < 4.78 is 5.33. The number of carbonyl (C=O) groups is 1. The number of methoxy groups -OCH3 is 1. The predicted octanol–water partition coefficient (Wildman–Crippen LogP) is 4.58. The van der Waals surface area contributed by atoms with E-state index in [1.54, 1.807) is 7.11 Å². The molecule has 0 N–H and O–H groups in total. The van der Waals surface area contributed by atoms with Crippen molar-refractivity contribution in [1.82, 2.24) is 9.88 Å². The zero-order valence-electron chi connectivity index (χ0n) is 16.8. The average Bonchev–Trinajstić information content (AvgIpc) is 3.28. The van der Waals surface area contributed by atoms with Gasteiger partial charge in [-0.15, -0.1) is 0 Å². The maximum Gasteiger partial charge on any atom is 0.225 e. The number of nitrogens with zero attached hydrogens (tertiary/aromatic N) is 2. The largest absolute Gasteiger partial charge is 0.497 e. The molecule has 2 aliphatic rings. The lowest BCUT2D eigenvalue weighted by Gasteiger charge is -2.34. The first-order valence-corrected chi connectivity index (χ1v) is 10.6. The molecule has 4 nitrogen and oxygen atoms in total. The molecule has 1 saturated carbocycles. The third-order valence-corrected chi connectivity index (χ3v) is 6.20. The van der Waals surface area contributed by atoms with Crippen molar-refractivity contribution in [1.29, 1.82) is 0 Å². The summed E-state index contributed by atoms with van der Waals surface area (Å²) in [5, 5.41) is 0. The second-order valence-electron chi connectivity index (χ2n) is 8.19. The van der Waals surface area contributed by atoms with Gasteiger partial charge in [0.15, 0.2) is 0 Å². The van der Waals surface area contributed by atoms with Crippen LogP contribution in [0.15, 0.2) is 42.5 Å². The first-order chi connectivity index (χ1) is 13.7. The van der Waals surface area contributed by atoms with Crippen LogP contribution in [0.1, 0.15) is 61.4 Å². The van der Waals surface area contributed by atoms with Crippen LogP contribution in [0.5, 0.6) is 5.75 Å². The smallest absolute Gasteiger partial charge is 0.225 e. The van der Waals surface area contributed by atoms with Gasteiger partial charge in [0.25, 0.3) is 0 Å². The van der Waals surface area contributed by atoms with Gasteiger partial charge >= 0.3 is 0 Å². The van der Waals surface area contributed by atoms with Crippen molar-refractivity contribution in [3.63, 3.8) is 0 Å². The molecular formula is C24H30N2O2. The Morgan fingerprint density at radius 3 is 2.75 bits per heavy atom. The van der Waals surface area contributed by atoms with Crippen molar-refractivity contribution in [3.05, 3.63) is 59.4 Å². The molecule has 1 amide bonds. The molecule has 1 saturated heterocycles. The maximum atomic E-state index is 12.8. The molecule has 2 aromatic rings. The highest BCUT2D eigenvalue weighted by Gasteiger charge is 2.31. The summed E-state index contributed by atoms with van der Waals surface area (Å²) in [6.45, 7) is 1.74. The van der Waals surface area contributed by atoms with E-state index in [0.717, 1.165) is 62.3 Å². The molecule has 148 valence electrons. The van der Waals surface area contributed by atoms with Crippen molar-refractivity contribution in [2.24, 2.45) is 5.92 Å². The molecule has 2 heterocycles. The molecule has 2 fully saturated rings. The predicted molar refractivity (Wildman–Crippen MR) is 111 cm³/mol. The summed E-state index contributed by atoms with van der Waals surface area (Å²) >= 11 is 0. The quantitative estimate of drug-likeness (QED) is 0.765. The van der Waals surface area contributed by atoms with Crippen LogP contribution in [0.3, 0.4) is 0 Å². The molecule has 0 bridgehead atoms. The fourth-order valence-corrected chi connectivity index (χ4v) is 4.67. The lowest BCUT2D eigenvalue weighted by molar-refractivity contribution is -0.136. The Balaban J connectivity index is 1.45. The molecule has 1 aliphatic carbocycles. The maximum absolute atomic E-state index is 12.8. The van der Waals surface area contributed by atoms with Crippen molar-refractivity contribution < 1.29 is 9.53 Å². The lowest BCUT2D eigenvalue weighted by atomic mass is 9.92. The van der Waals surface area contributed by atoms with Gasteiger partial charge in [0.1, 0.15) is 5.75 Å². The van der Waals surface area contributed by atoms with Crippen LogP contribution in [-0.2, 0) is 11.2 Å². The molecule has 1 aromatic carbocycles. The Kier molecular flexibility index (Phi) is 5.94. The summed E-state index contributed by atoms with van der Waals surface area (Å²) in [6, 6.07) is 14.5. The van der Waals surface area contributed by atoms with Crippen LogP contribution in [0.4, 0.5) is 0 Å². The number of hydrogen-bond donors (Lipinski definition) is 0. The molecule has 4 rings (SSSR count). The number of rotatable bonds is 5. The fourth-order valence-electron chi connectivity index (χ4n) is 4.67. The van der Waals surface area contributed by atoms with E-state index in [-0.39, 0.29) is 5.92 Å². The number of carbonyl (C=O) groups excluding carboxylic acids is 1. The van der Waals surface area contributed by atoms with Gasteiger partial charge in [0.2, 0.25) is 5.91 Å². The van der Waals surface area contributed by atoms with Crippen molar-refractivity contribution in [3.8, 4) is 5.75 Å². The normalized spacial score (nSPS) is 20.3. The topological polar surface area (TPSA) is 42.4 Å². The Morgan fingerprint density at radius 1 is 1.11 bits per heavy atom. The number of ether oxygens (including phenoxy) is 1. The Morgan fingerprint density at radius 2 is 1.93 bits per heavy atom. The zero-order valence-corrected chi connectivity index (χ0v) is 16.8. The van der Waals surface area contributed by atoms with E-state index in [2.05, 4.69) is 35.2 Å². The van der Waals surface area contributed by atoms with E-state index in [4.69, 9.17) is 9.72 Å². The van der Waals surface area contributed by atoms with Gasteiger partial charge in [0, 0.05) is 42.7 Å². The minimum atomic E-state index is 0.270. The highest BCUT2D eigenvalue weighted by atomic mass is 16.5. The van der Waals surface area contributed by atoms with Gasteiger partial charge < -0.3 is 9.64 Å². The van der Waals surface area contributed by atoms with Gasteiger partial charge in [-0.25, -0.2) is 0 Å². The van der Waals surface area contributed by atoms with E-state index >= 15 is 0 Å². The monoisotopic (exact) mass is 378 g/mol. The van der Waals surface area contributed by atoms with E-state index in [0.29, 0.717) is 11.8 Å². The zero-order chi connectivity index (χ0) is 19.3. The fraction of sp³-hybridized carbons (Fsp3) is 0.500.